The van der Waals surface area contributed by atoms with Gasteiger partial charge in [-0.05, 0) is 48.4 Å². The van der Waals surface area contributed by atoms with Crippen LogP contribution >= 0.6 is 0 Å². The first-order valence-corrected chi connectivity index (χ1v) is 9.26. The van der Waals surface area contributed by atoms with Gasteiger partial charge in [-0.1, -0.05) is 18.2 Å². The predicted octanol–water partition coefficient (Wildman–Crippen LogP) is 4.63. The minimum atomic E-state index is -0.223. The van der Waals surface area contributed by atoms with Gasteiger partial charge < -0.3 is 24.1 Å². The van der Waals surface area contributed by atoms with Crippen molar-refractivity contribution in [3.63, 3.8) is 0 Å². The largest absolute Gasteiger partial charge is 0.502 e. The molecule has 0 saturated carbocycles. The second kappa shape index (κ2) is 8.78. The van der Waals surface area contributed by atoms with Gasteiger partial charge in [0, 0.05) is 16.7 Å². The normalized spacial score (nSPS) is 10.4. The molecule has 0 saturated heterocycles. The summed E-state index contributed by atoms with van der Waals surface area (Å²) >= 11 is 0. The van der Waals surface area contributed by atoms with Crippen LogP contribution in [0.1, 0.15) is 21.5 Å². The van der Waals surface area contributed by atoms with Crippen molar-refractivity contribution in [1.29, 1.82) is 0 Å². The van der Waals surface area contributed by atoms with Gasteiger partial charge in [0.25, 0.3) is 0 Å². The van der Waals surface area contributed by atoms with Gasteiger partial charge in [-0.3, -0.25) is 4.79 Å². The number of rotatable bonds is 7. The van der Waals surface area contributed by atoms with E-state index in [0.29, 0.717) is 22.6 Å². The average molecular weight is 408 g/mol. The lowest BCUT2D eigenvalue weighted by atomic mass is 9.96. The number of ketones is 1. The summed E-state index contributed by atoms with van der Waals surface area (Å²) in [5, 5.41) is 10.1. The lowest BCUT2D eigenvalue weighted by Gasteiger charge is -2.14. The van der Waals surface area contributed by atoms with E-state index in [9.17, 15) is 9.90 Å². The SMILES string of the molecule is COc1cc(-c2cccc(C(=O)c3cc(OC)c(O)c(OC)c3)c2)cc(OC)c1C. The fourth-order valence-electron chi connectivity index (χ4n) is 3.28. The molecule has 3 rings (SSSR count). The Hall–Kier alpha value is -3.67. The molecule has 30 heavy (non-hydrogen) atoms. The molecule has 0 aliphatic rings. The number of aromatic hydroxyl groups is 1. The number of methoxy groups -OCH3 is 4. The molecule has 0 radical (unpaired) electrons. The zero-order chi connectivity index (χ0) is 21.8. The Morgan fingerprint density at radius 2 is 1.23 bits per heavy atom. The van der Waals surface area contributed by atoms with Crippen molar-refractivity contribution >= 4 is 5.78 Å². The van der Waals surface area contributed by atoms with Crippen molar-refractivity contribution in [3.8, 4) is 39.9 Å². The lowest BCUT2D eigenvalue weighted by molar-refractivity contribution is 0.103. The number of carbonyl (C=O) groups is 1. The monoisotopic (exact) mass is 408 g/mol. The van der Waals surface area contributed by atoms with Crippen LogP contribution in [0.25, 0.3) is 11.1 Å². The highest BCUT2D eigenvalue weighted by molar-refractivity contribution is 6.10. The van der Waals surface area contributed by atoms with E-state index in [2.05, 4.69) is 0 Å². The summed E-state index contributed by atoms with van der Waals surface area (Å²) in [7, 11) is 6.05. The van der Waals surface area contributed by atoms with Crippen molar-refractivity contribution < 1.29 is 28.8 Å². The molecule has 1 N–H and O–H groups in total. The molecule has 0 atom stereocenters. The molecule has 0 unspecified atom stereocenters. The summed E-state index contributed by atoms with van der Waals surface area (Å²) in [6, 6.07) is 14.1. The molecule has 3 aromatic rings. The maximum Gasteiger partial charge on any atom is 0.200 e. The molecule has 6 nitrogen and oxygen atoms in total. The number of hydrogen-bond donors (Lipinski definition) is 1. The molecule has 0 spiro atoms. The summed E-state index contributed by atoms with van der Waals surface area (Å²) < 4.78 is 21.2. The van der Waals surface area contributed by atoms with E-state index in [4.69, 9.17) is 18.9 Å². The van der Waals surface area contributed by atoms with Gasteiger partial charge in [-0.15, -0.1) is 0 Å². The van der Waals surface area contributed by atoms with Crippen LogP contribution in [-0.2, 0) is 0 Å². The van der Waals surface area contributed by atoms with E-state index in [0.717, 1.165) is 16.7 Å². The van der Waals surface area contributed by atoms with Crippen LogP contribution in [0, 0.1) is 6.92 Å². The number of carbonyl (C=O) groups excluding carboxylic acids is 1. The Bertz CT molecular complexity index is 1040. The van der Waals surface area contributed by atoms with Gasteiger partial charge in [0.05, 0.1) is 28.4 Å². The smallest absolute Gasteiger partial charge is 0.200 e. The average Bonchev–Trinajstić information content (AvgIpc) is 2.79. The first-order valence-electron chi connectivity index (χ1n) is 9.26. The lowest BCUT2D eigenvalue weighted by Crippen LogP contribution is -2.03. The zero-order valence-electron chi connectivity index (χ0n) is 17.6. The highest BCUT2D eigenvalue weighted by atomic mass is 16.5. The molecule has 6 heteroatoms. The van der Waals surface area contributed by atoms with Crippen LogP contribution in [0.15, 0.2) is 48.5 Å². The van der Waals surface area contributed by atoms with Crippen LogP contribution in [-0.4, -0.2) is 39.3 Å². The van der Waals surface area contributed by atoms with Crippen molar-refractivity contribution in [2.24, 2.45) is 0 Å². The number of phenols is 1. The summed E-state index contributed by atoms with van der Waals surface area (Å²) in [5.74, 6) is 1.37. The number of hydrogen-bond acceptors (Lipinski definition) is 6. The van der Waals surface area contributed by atoms with Gasteiger partial charge in [0.1, 0.15) is 11.5 Å². The van der Waals surface area contributed by atoms with Gasteiger partial charge in [-0.25, -0.2) is 0 Å². The van der Waals surface area contributed by atoms with Crippen LogP contribution in [0.3, 0.4) is 0 Å². The topological polar surface area (TPSA) is 74.2 Å². The highest BCUT2D eigenvalue weighted by Crippen LogP contribution is 2.38. The molecule has 0 aromatic heterocycles. The van der Waals surface area contributed by atoms with Crippen LogP contribution in [0.5, 0.6) is 28.7 Å². The zero-order valence-corrected chi connectivity index (χ0v) is 17.6. The summed E-state index contributed by atoms with van der Waals surface area (Å²) in [6.07, 6.45) is 0. The van der Waals surface area contributed by atoms with E-state index in [1.807, 2.05) is 31.2 Å². The third-order valence-corrected chi connectivity index (χ3v) is 4.95. The summed E-state index contributed by atoms with van der Waals surface area (Å²) in [5.41, 5.74) is 3.44. The number of benzene rings is 3. The number of phenolic OH excluding ortho intramolecular Hbond substituents is 1. The molecular weight excluding hydrogens is 384 g/mol. The second-order valence-corrected chi connectivity index (χ2v) is 6.65. The highest BCUT2D eigenvalue weighted by Gasteiger charge is 2.18. The van der Waals surface area contributed by atoms with Gasteiger partial charge in [0.15, 0.2) is 17.3 Å². The van der Waals surface area contributed by atoms with Crippen LogP contribution in [0.2, 0.25) is 0 Å². The minimum Gasteiger partial charge on any atom is -0.502 e. The fourth-order valence-corrected chi connectivity index (χ4v) is 3.28. The Morgan fingerprint density at radius 1 is 0.700 bits per heavy atom. The Morgan fingerprint density at radius 3 is 1.73 bits per heavy atom. The summed E-state index contributed by atoms with van der Waals surface area (Å²) in [4.78, 5) is 13.1. The molecule has 0 fully saturated rings. The van der Waals surface area contributed by atoms with E-state index in [1.165, 1.54) is 26.4 Å². The summed E-state index contributed by atoms with van der Waals surface area (Å²) in [6.45, 7) is 1.92. The van der Waals surface area contributed by atoms with Gasteiger partial charge >= 0.3 is 0 Å². The van der Waals surface area contributed by atoms with E-state index < -0.39 is 0 Å². The van der Waals surface area contributed by atoms with Gasteiger partial charge in [-0.2, -0.15) is 0 Å². The minimum absolute atomic E-state index is 0.149. The Balaban J connectivity index is 2.06. The maximum absolute atomic E-state index is 13.1. The Kier molecular flexibility index (Phi) is 6.16. The van der Waals surface area contributed by atoms with Crippen LogP contribution < -0.4 is 18.9 Å². The molecule has 0 heterocycles. The first kappa shape index (κ1) is 21.0. The van der Waals surface area contributed by atoms with Crippen molar-refractivity contribution in [3.05, 3.63) is 65.2 Å². The fraction of sp³-hybridized carbons (Fsp3) is 0.208. The number of ether oxygens (including phenoxy) is 4. The third kappa shape index (κ3) is 3.89. The standard InChI is InChI=1S/C24H24O6/c1-14-19(27-2)10-17(11-20(14)28-3)15-7-6-8-16(9-15)23(25)18-12-21(29-4)24(26)22(13-18)30-5/h6-13,26H,1-5H3. The first-order chi connectivity index (χ1) is 14.4. The molecule has 0 bridgehead atoms. The van der Waals surface area contributed by atoms with E-state index >= 15 is 0 Å². The third-order valence-electron chi connectivity index (χ3n) is 4.95. The molecule has 0 aliphatic heterocycles. The predicted molar refractivity (Wildman–Crippen MR) is 114 cm³/mol. The molecule has 0 amide bonds. The second-order valence-electron chi connectivity index (χ2n) is 6.65. The maximum atomic E-state index is 13.1. The van der Waals surface area contributed by atoms with E-state index in [-0.39, 0.29) is 23.0 Å². The molecular formula is C24H24O6. The molecule has 0 aliphatic carbocycles. The van der Waals surface area contributed by atoms with E-state index in [1.54, 1.807) is 26.4 Å². The quantitative estimate of drug-likeness (QED) is 0.575. The van der Waals surface area contributed by atoms with Gasteiger partial charge in [0.2, 0.25) is 5.75 Å². The van der Waals surface area contributed by atoms with Crippen molar-refractivity contribution in [1.82, 2.24) is 0 Å². The Labute approximate surface area is 175 Å². The van der Waals surface area contributed by atoms with Crippen molar-refractivity contribution in [2.75, 3.05) is 28.4 Å². The van der Waals surface area contributed by atoms with Crippen molar-refractivity contribution in [2.45, 2.75) is 6.92 Å². The molecule has 156 valence electrons. The van der Waals surface area contributed by atoms with Crippen LogP contribution in [0.4, 0.5) is 0 Å². The molecule has 3 aromatic carbocycles.